The molecule has 0 aliphatic rings. The lowest BCUT2D eigenvalue weighted by Crippen LogP contribution is -2.04. The van der Waals surface area contributed by atoms with E-state index in [1.165, 1.54) is 6.07 Å². The first kappa shape index (κ1) is 9.52. The zero-order chi connectivity index (χ0) is 10.8. The van der Waals surface area contributed by atoms with Crippen molar-refractivity contribution in [3.63, 3.8) is 0 Å². The molecule has 3 heteroatoms. The Morgan fingerprint density at radius 1 is 1.20 bits per heavy atom. The molecule has 0 saturated heterocycles. The van der Waals surface area contributed by atoms with Gasteiger partial charge in [-0.25, -0.2) is 0 Å². The highest BCUT2D eigenvalue weighted by Gasteiger charge is 2.02. The Hall–Kier alpha value is -2.03. The van der Waals surface area contributed by atoms with Gasteiger partial charge in [0.05, 0.1) is 5.69 Å². The van der Waals surface area contributed by atoms with Gasteiger partial charge in [-0.05, 0) is 24.6 Å². The van der Waals surface area contributed by atoms with Crippen molar-refractivity contribution in [2.45, 2.75) is 6.92 Å². The maximum Gasteiger partial charge on any atom is 0.248 e. The van der Waals surface area contributed by atoms with Gasteiger partial charge in [-0.3, -0.25) is 4.79 Å². The van der Waals surface area contributed by atoms with E-state index in [1.54, 1.807) is 6.07 Å². The van der Waals surface area contributed by atoms with Crippen molar-refractivity contribution in [3.05, 3.63) is 52.3 Å². The number of hydrogen-bond acceptors (Lipinski definition) is 2. The van der Waals surface area contributed by atoms with E-state index < -0.39 is 0 Å². The molecule has 0 atom stereocenters. The maximum atomic E-state index is 11.1. The first-order valence-corrected chi connectivity index (χ1v) is 4.72. The van der Waals surface area contributed by atoms with Gasteiger partial charge in [-0.15, -0.1) is 0 Å². The summed E-state index contributed by atoms with van der Waals surface area (Å²) in [6.07, 6.45) is 0. The Bertz CT molecular complexity index is 543. The third kappa shape index (κ3) is 1.91. The van der Waals surface area contributed by atoms with Crippen LogP contribution in [0.2, 0.25) is 0 Å². The van der Waals surface area contributed by atoms with Gasteiger partial charge in [0.15, 0.2) is 0 Å². The minimum absolute atomic E-state index is 0.118. The average Bonchev–Trinajstić information content (AvgIpc) is 2.17. The van der Waals surface area contributed by atoms with Gasteiger partial charge in [0.25, 0.3) is 0 Å². The number of aromatic nitrogens is 1. The Morgan fingerprint density at radius 2 is 2.00 bits per heavy atom. The minimum atomic E-state index is -0.118. The number of pyridine rings is 1. The number of hydrogen-bond donors (Lipinski definition) is 2. The molecule has 0 unspecified atom stereocenters. The summed E-state index contributed by atoms with van der Waals surface area (Å²) in [7, 11) is 0. The minimum Gasteiger partial charge on any atom is -0.398 e. The third-order valence-electron chi connectivity index (χ3n) is 2.27. The van der Waals surface area contributed by atoms with Crippen LogP contribution in [-0.4, -0.2) is 4.98 Å². The van der Waals surface area contributed by atoms with Crippen LogP contribution in [0, 0.1) is 6.92 Å². The molecule has 2 rings (SSSR count). The quantitative estimate of drug-likeness (QED) is 0.691. The van der Waals surface area contributed by atoms with Crippen molar-refractivity contribution in [1.29, 1.82) is 0 Å². The summed E-state index contributed by atoms with van der Waals surface area (Å²) in [4.78, 5) is 13.9. The lowest BCUT2D eigenvalue weighted by molar-refractivity contribution is 1.24. The molecular formula is C12H12N2O. The molecule has 0 aliphatic carbocycles. The van der Waals surface area contributed by atoms with Crippen LogP contribution in [0.3, 0.4) is 0 Å². The number of anilines is 1. The highest BCUT2D eigenvalue weighted by Crippen LogP contribution is 2.23. The number of aromatic amines is 1. The molecule has 3 N–H and O–H groups in total. The fourth-order valence-corrected chi connectivity index (χ4v) is 1.53. The fraction of sp³-hybridized carbons (Fsp3) is 0.0833. The van der Waals surface area contributed by atoms with Crippen LogP contribution in [-0.2, 0) is 0 Å². The lowest BCUT2D eigenvalue weighted by Gasteiger charge is -2.05. The first-order valence-electron chi connectivity index (χ1n) is 4.72. The molecule has 0 fully saturated rings. The average molecular weight is 200 g/mol. The second-order valence-corrected chi connectivity index (χ2v) is 3.52. The fourth-order valence-electron chi connectivity index (χ4n) is 1.53. The number of nitrogens with two attached hydrogens (primary N) is 1. The van der Waals surface area contributed by atoms with Crippen LogP contribution in [0.25, 0.3) is 11.3 Å². The standard InChI is InChI=1S/C12H12N2O/c1-8-5-6-9(10(13)7-8)11-3-2-4-12(15)14-11/h2-7H,13H2,1H3,(H,14,15). The molecular weight excluding hydrogens is 188 g/mol. The van der Waals surface area contributed by atoms with Gasteiger partial charge in [-0.1, -0.05) is 18.2 Å². The van der Waals surface area contributed by atoms with Gasteiger partial charge in [-0.2, -0.15) is 0 Å². The van der Waals surface area contributed by atoms with Gasteiger partial charge in [0, 0.05) is 17.3 Å². The zero-order valence-electron chi connectivity index (χ0n) is 8.45. The van der Waals surface area contributed by atoms with Crippen molar-refractivity contribution in [3.8, 4) is 11.3 Å². The SMILES string of the molecule is Cc1ccc(-c2cccc(=O)[nH]2)c(N)c1. The predicted molar refractivity (Wildman–Crippen MR) is 61.6 cm³/mol. The van der Waals surface area contributed by atoms with Gasteiger partial charge >= 0.3 is 0 Å². The maximum absolute atomic E-state index is 11.1. The van der Waals surface area contributed by atoms with Crippen LogP contribution < -0.4 is 11.3 Å². The van der Waals surface area contributed by atoms with Crippen LogP contribution in [0.4, 0.5) is 5.69 Å². The number of H-pyrrole nitrogens is 1. The van der Waals surface area contributed by atoms with Crippen LogP contribution in [0.5, 0.6) is 0 Å². The molecule has 0 saturated carbocycles. The Labute approximate surface area is 87.6 Å². The number of benzene rings is 1. The molecule has 1 aromatic heterocycles. The van der Waals surface area contributed by atoms with Gasteiger partial charge in [0.1, 0.15) is 0 Å². The largest absolute Gasteiger partial charge is 0.398 e. The molecule has 0 bridgehead atoms. The van der Waals surface area contributed by atoms with Crippen LogP contribution >= 0.6 is 0 Å². The molecule has 3 nitrogen and oxygen atoms in total. The van der Waals surface area contributed by atoms with Crippen molar-refractivity contribution >= 4 is 5.69 Å². The molecule has 76 valence electrons. The van der Waals surface area contributed by atoms with Crippen molar-refractivity contribution in [2.75, 3.05) is 5.73 Å². The summed E-state index contributed by atoms with van der Waals surface area (Å²) in [5, 5.41) is 0. The molecule has 15 heavy (non-hydrogen) atoms. The molecule has 0 amide bonds. The van der Waals surface area contributed by atoms with E-state index in [1.807, 2.05) is 31.2 Å². The number of aryl methyl sites for hydroxylation is 1. The van der Waals surface area contributed by atoms with E-state index in [4.69, 9.17) is 5.73 Å². The zero-order valence-corrected chi connectivity index (χ0v) is 8.45. The molecule has 2 aromatic rings. The van der Waals surface area contributed by atoms with E-state index in [-0.39, 0.29) is 5.56 Å². The third-order valence-corrected chi connectivity index (χ3v) is 2.27. The van der Waals surface area contributed by atoms with Gasteiger partial charge in [0.2, 0.25) is 5.56 Å². The summed E-state index contributed by atoms with van der Waals surface area (Å²) in [6.45, 7) is 1.98. The number of rotatable bonds is 1. The Kier molecular flexibility index (Phi) is 2.29. The molecule has 1 aromatic carbocycles. The summed E-state index contributed by atoms with van der Waals surface area (Å²) in [5.41, 5.74) is 9.16. The highest BCUT2D eigenvalue weighted by atomic mass is 16.1. The predicted octanol–water partition coefficient (Wildman–Crippen LogP) is 1.93. The van der Waals surface area contributed by atoms with Gasteiger partial charge < -0.3 is 10.7 Å². The highest BCUT2D eigenvalue weighted by molar-refractivity contribution is 5.74. The molecule has 0 spiro atoms. The Morgan fingerprint density at radius 3 is 2.67 bits per heavy atom. The molecule has 0 radical (unpaired) electrons. The lowest BCUT2D eigenvalue weighted by atomic mass is 10.1. The van der Waals surface area contributed by atoms with E-state index in [0.29, 0.717) is 5.69 Å². The topological polar surface area (TPSA) is 58.9 Å². The second kappa shape index (κ2) is 3.61. The van der Waals surface area contributed by atoms with E-state index in [0.717, 1.165) is 16.8 Å². The van der Waals surface area contributed by atoms with E-state index >= 15 is 0 Å². The smallest absolute Gasteiger partial charge is 0.248 e. The monoisotopic (exact) mass is 200 g/mol. The van der Waals surface area contributed by atoms with Crippen LogP contribution in [0.1, 0.15) is 5.56 Å². The summed E-state index contributed by atoms with van der Waals surface area (Å²) in [6, 6.07) is 10.8. The van der Waals surface area contributed by atoms with Crippen LogP contribution in [0.15, 0.2) is 41.2 Å². The summed E-state index contributed by atoms with van der Waals surface area (Å²) in [5.74, 6) is 0. The van der Waals surface area contributed by atoms with E-state index in [9.17, 15) is 4.79 Å². The second-order valence-electron chi connectivity index (χ2n) is 3.52. The molecule has 1 heterocycles. The van der Waals surface area contributed by atoms with E-state index in [2.05, 4.69) is 4.98 Å². The Balaban J connectivity index is 2.59. The number of nitrogens with one attached hydrogen (secondary N) is 1. The van der Waals surface area contributed by atoms with Crippen molar-refractivity contribution in [2.24, 2.45) is 0 Å². The van der Waals surface area contributed by atoms with Crippen molar-refractivity contribution < 1.29 is 0 Å². The summed E-state index contributed by atoms with van der Waals surface area (Å²) < 4.78 is 0. The number of nitrogen functional groups attached to an aromatic ring is 1. The van der Waals surface area contributed by atoms with Crippen molar-refractivity contribution in [1.82, 2.24) is 4.98 Å². The first-order chi connectivity index (χ1) is 7.16. The molecule has 0 aliphatic heterocycles. The summed E-state index contributed by atoms with van der Waals surface area (Å²) >= 11 is 0. The normalized spacial score (nSPS) is 10.2.